The number of likely N-dealkylation sites (tertiary alicyclic amines) is 1. The van der Waals surface area contributed by atoms with Crippen LogP contribution in [-0.2, 0) is 0 Å². The van der Waals surface area contributed by atoms with Crippen molar-refractivity contribution in [3.8, 4) is 0 Å². The van der Waals surface area contributed by atoms with E-state index < -0.39 is 6.09 Å². The van der Waals surface area contributed by atoms with Crippen molar-refractivity contribution in [2.24, 2.45) is 5.92 Å². The van der Waals surface area contributed by atoms with Crippen molar-refractivity contribution in [1.29, 1.82) is 0 Å². The highest BCUT2D eigenvalue weighted by atomic mass is 16.4. The molecule has 0 aliphatic carbocycles. The molecule has 4 heteroatoms. The van der Waals surface area contributed by atoms with E-state index in [0.29, 0.717) is 25.1 Å². The van der Waals surface area contributed by atoms with Gasteiger partial charge in [-0.25, -0.2) is 4.79 Å². The second-order valence-corrected chi connectivity index (χ2v) is 3.94. The third kappa shape index (κ3) is 2.05. The molecule has 0 aromatic heterocycles. The Balaban J connectivity index is 2.05. The second-order valence-electron chi connectivity index (χ2n) is 3.94. The number of nitrogens with zero attached hydrogens (tertiary/aromatic N) is 1. The molecule has 0 bridgehead atoms. The number of carbonyl (C=O) groups excluding carboxylic acids is 1. The van der Waals surface area contributed by atoms with Crippen LogP contribution in [0.25, 0.3) is 0 Å². The normalized spacial score (nSPS) is 19.8. The van der Waals surface area contributed by atoms with Gasteiger partial charge < -0.3 is 10.0 Å². The molecule has 1 aliphatic heterocycles. The summed E-state index contributed by atoms with van der Waals surface area (Å²) in [6, 6.07) is 9.03. The third-order valence-corrected chi connectivity index (χ3v) is 2.89. The first-order valence-corrected chi connectivity index (χ1v) is 5.25. The molecule has 0 spiro atoms. The Bertz CT molecular complexity index is 402. The predicted octanol–water partition coefficient (Wildman–Crippen LogP) is 1.87. The van der Waals surface area contributed by atoms with E-state index in [1.165, 1.54) is 4.90 Å². The largest absolute Gasteiger partial charge is 0.465 e. The molecular weight excluding hydrogens is 206 g/mol. The molecule has 1 saturated heterocycles. The van der Waals surface area contributed by atoms with E-state index in [1.807, 2.05) is 18.2 Å². The SMILES string of the molecule is O=C(c1ccccc1)[C@@H]1CCN(C(=O)O)C1. The zero-order valence-electron chi connectivity index (χ0n) is 8.80. The maximum Gasteiger partial charge on any atom is 0.407 e. The van der Waals surface area contributed by atoms with E-state index in [1.54, 1.807) is 12.1 Å². The van der Waals surface area contributed by atoms with Crippen molar-refractivity contribution in [2.75, 3.05) is 13.1 Å². The van der Waals surface area contributed by atoms with Gasteiger partial charge in [0, 0.05) is 24.6 Å². The number of carboxylic acid groups (broad SMARTS) is 1. The van der Waals surface area contributed by atoms with Crippen LogP contribution in [0.1, 0.15) is 16.8 Å². The summed E-state index contributed by atoms with van der Waals surface area (Å²) in [6.07, 6.45) is -0.316. The van der Waals surface area contributed by atoms with Gasteiger partial charge >= 0.3 is 6.09 Å². The Morgan fingerprint density at radius 2 is 1.94 bits per heavy atom. The van der Waals surface area contributed by atoms with E-state index in [9.17, 15) is 9.59 Å². The summed E-state index contributed by atoms with van der Waals surface area (Å²) in [7, 11) is 0. The van der Waals surface area contributed by atoms with Gasteiger partial charge in [0.1, 0.15) is 0 Å². The summed E-state index contributed by atoms with van der Waals surface area (Å²) in [5.74, 6) is -0.136. The fraction of sp³-hybridized carbons (Fsp3) is 0.333. The van der Waals surface area contributed by atoms with Crippen LogP contribution in [0.15, 0.2) is 30.3 Å². The third-order valence-electron chi connectivity index (χ3n) is 2.89. The van der Waals surface area contributed by atoms with Crippen LogP contribution in [-0.4, -0.2) is 35.0 Å². The molecule has 1 aromatic rings. The molecule has 1 amide bonds. The molecule has 2 rings (SSSR count). The Labute approximate surface area is 93.5 Å². The molecule has 0 radical (unpaired) electrons. The van der Waals surface area contributed by atoms with E-state index in [2.05, 4.69) is 0 Å². The second kappa shape index (κ2) is 4.35. The lowest BCUT2D eigenvalue weighted by Gasteiger charge is -2.11. The molecule has 1 fully saturated rings. The highest BCUT2D eigenvalue weighted by Crippen LogP contribution is 2.20. The Kier molecular flexibility index (Phi) is 2.90. The number of benzene rings is 1. The molecule has 84 valence electrons. The number of Topliss-reactive ketones (excluding diaryl/α,β-unsaturated/α-hetero) is 1. The minimum atomic E-state index is -0.941. The van der Waals surface area contributed by atoms with Crippen molar-refractivity contribution in [3.63, 3.8) is 0 Å². The molecule has 1 aliphatic rings. The standard InChI is InChI=1S/C12H13NO3/c14-11(9-4-2-1-3-5-9)10-6-7-13(8-10)12(15)16/h1-5,10H,6-8H2,(H,15,16)/t10-/m1/s1. The highest BCUT2D eigenvalue weighted by Gasteiger charge is 2.31. The lowest BCUT2D eigenvalue weighted by Crippen LogP contribution is -2.28. The zero-order chi connectivity index (χ0) is 11.5. The van der Waals surface area contributed by atoms with Crippen LogP contribution in [0, 0.1) is 5.92 Å². The van der Waals surface area contributed by atoms with E-state index in [-0.39, 0.29) is 11.7 Å². The molecule has 1 aromatic carbocycles. The molecule has 1 N–H and O–H groups in total. The number of hydrogen-bond acceptors (Lipinski definition) is 2. The van der Waals surface area contributed by atoms with Crippen LogP contribution < -0.4 is 0 Å². The lowest BCUT2D eigenvalue weighted by atomic mass is 9.97. The molecule has 1 heterocycles. The number of amides is 1. The summed E-state index contributed by atoms with van der Waals surface area (Å²) in [6.45, 7) is 0.779. The van der Waals surface area contributed by atoms with Gasteiger partial charge in [0.15, 0.2) is 5.78 Å². The summed E-state index contributed by atoms with van der Waals surface area (Å²) in [5, 5.41) is 8.80. The van der Waals surface area contributed by atoms with E-state index in [4.69, 9.17) is 5.11 Å². The van der Waals surface area contributed by atoms with E-state index in [0.717, 1.165) is 0 Å². The van der Waals surface area contributed by atoms with Crippen LogP contribution in [0.4, 0.5) is 4.79 Å². The van der Waals surface area contributed by atoms with Crippen molar-refractivity contribution in [3.05, 3.63) is 35.9 Å². The summed E-state index contributed by atoms with van der Waals surface area (Å²) in [5.41, 5.74) is 0.666. The Morgan fingerprint density at radius 3 is 2.50 bits per heavy atom. The first kappa shape index (κ1) is 10.7. The van der Waals surface area contributed by atoms with Gasteiger partial charge in [0.2, 0.25) is 0 Å². The number of ketones is 1. The minimum absolute atomic E-state index is 0.0457. The fourth-order valence-electron chi connectivity index (χ4n) is 1.99. The molecule has 0 unspecified atom stereocenters. The molecule has 0 saturated carbocycles. The smallest absolute Gasteiger partial charge is 0.407 e. The number of carbonyl (C=O) groups is 2. The molecular formula is C12H13NO3. The summed E-state index contributed by atoms with van der Waals surface area (Å²) < 4.78 is 0. The Morgan fingerprint density at radius 1 is 1.25 bits per heavy atom. The maximum absolute atomic E-state index is 12.0. The summed E-state index contributed by atoms with van der Waals surface area (Å²) >= 11 is 0. The van der Waals surface area contributed by atoms with Gasteiger partial charge in [-0.1, -0.05) is 30.3 Å². The fourth-order valence-corrected chi connectivity index (χ4v) is 1.99. The van der Waals surface area contributed by atoms with Crippen LogP contribution in [0.5, 0.6) is 0 Å². The van der Waals surface area contributed by atoms with Gasteiger partial charge in [-0.2, -0.15) is 0 Å². The molecule has 1 atom stereocenters. The minimum Gasteiger partial charge on any atom is -0.465 e. The monoisotopic (exact) mass is 219 g/mol. The summed E-state index contributed by atoms with van der Waals surface area (Å²) in [4.78, 5) is 24.0. The van der Waals surface area contributed by atoms with Gasteiger partial charge in [0.25, 0.3) is 0 Å². The van der Waals surface area contributed by atoms with E-state index >= 15 is 0 Å². The van der Waals surface area contributed by atoms with Gasteiger partial charge in [0.05, 0.1) is 0 Å². The zero-order valence-corrected chi connectivity index (χ0v) is 8.80. The first-order chi connectivity index (χ1) is 7.68. The van der Waals surface area contributed by atoms with Gasteiger partial charge in [-0.05, 0) is 6.42 Å². The van der Waals surface area contributed by atoms with Crippen LogP contribution in [0.3, 0.4) is 0 Å². The van der Waals surface area contributed by atoms with Crippen LogP contribution >= 0.6 is 0 Å². The van der Waals surface area contributed by atoms with Gasteiger partial charge in [-0.15, -0.1) is 0 Å². The number of hydrogen-bond donors (Lipinski definition) is 1. The predicted molar refractivity (Wildman–Crippen MR) is 58.5 cm³/mol. The Hall–Kier alpha value is -1.84. The van der Waals surface area contributed by atoms with Gasteiger partial charge in [-0.3, -0.25) is 4.79 Å². The highest BCUT2D eigenvalue weighted by molar-refractivity contribution is 5.98. The average Bonchev–Trinajstić information content (AvgIpc) is 2.78. The van der Waals surface area contributed by atoms with Crippen molar-refractivity contribution in [2.45, 2.75) is 6.42 Å². The van der Waals surface area contributed by atoms with Crippen molar-refractivity contribution >= 4 is 11.9 Å². The van der Waals surface area contributed by atoms with Crippen molar-refractivity contribution in [1.82, 2.24) is 4.90 Å². The molecule has 16 heavy (non-hydrogen) atoms. The average molecular weight is 219 g/mol. The first-order valence-electron chi connectivity index (χ1n) is 5.25. The lowest BCUT2D eigenvalue weighted by molar-refractivity contribution is 0.0922. The quantitative estimate of drug-likeness (QED) is 0.772. The van der Waals surface area contributed by atoms with Crippen LogP contribution in [0.2, 0.25) is 0 Å². The topological polar surface area (TPSA) is 57.6 Å². The van der Waals surface area contributed by atoms with Crippen molar-refractivity contribution < 1.29 is 14.7 Å². The maximum atomic E-state index is 12.0. The molecule has 4 nitrogen and oxygen atoms in total. The number of rotatable bonds is 2.